The minimum Gasteiger partial charge on any atom is -0.487 e. The standard InChI is InChI=1S/C17H23NO2/c1-4-10-19-16-8-7-14(11-17(16)20-13(2)3)15-6-5-9-18-12-15/h1,7-8,11,13,15,18H,5-6,9-10,12H2,2-3H3. The van der Waals surface area contributed by atoms with Crippen molar-refractivity contribution < 1.29 is 9.47 Å². The van der Waals surface area contributed by atoms with Gasteiger partial charge in [-0.3, -0.25) is 0 Å². The number of piperidine rings is 1. The molecule has 0 bridgehead atoms. The fourth-order valence-corrected chi connectivity index (χ4v) is 2.50. The Morgan fingerprint density at radius 1 is 1.40 bits per heavy atom. The Labute approximate surface area is 121 Å². The summed E-state index contributed by atoms with van der Waals surface area (Å²) in [5, 5.41) is 3.44. The van der Waals surface area contributed by atoms with E-state index in [1.807, 2.05) is 19.9 Å². The van der Waals surface area contributed by atoms with Crippen LogP contribution >= 0.6 is 0 Å². The van der Waals surface area contributed by atoms with Crippen LogP contribution in [0, 0.1) is 12.3 Å². The van der Waals surface area contributed by atoms with Gasteiger partial charge in [0.2, 0.25) is 0 Å². The van der Waals surface area contributed by atoms with Gasteiger partial charge in [0.25, 0.3) is 0 Å². The van der Waals surface area contributed by atoms with Gasteiger partial charge >= 0.3 is 0 Å². The van der Waals surface area contributed by atoms with Crippen molar-refractivity contribution in [2.24, 2.45) is 0 Å². The van der Waals surface area contributed by atoms with E-state index in [2.05, 4.69) is 23.4 Å². The van der Waals surface area contributed by atoms with Gasteiger partial charge in [0.1, 0.15) is 6.61 Å². The third-order valence-corrected chi connectivity index (χ3v) is 3.41. The molecule has 1 aliphatic heterocycles. The molecule has 1 aromatic carbocycles. The zero-order valence-electron chi connectivity index (χ0n) is 12.3. The molecule has 1 N–H and O–H groups in total. The maximum absolute atomic E-state index is 5.86. The van der Waals surface area contributed by atoms with Crippen molar-refractivity contribution in [1.82, 2.24) is 5.32 Å². The molecule has 1 aliphatic rings. The van der Waals surface area contributed by atoms with E-state index in [9.17, 15) is 0 Å². The van der Waals surface area contributed by atoms with E-state index in [0.29, 0.717) is 5.92 Å². The Hall–Kier alpha value is -1.66. The highest BCUT2D eigenvalue weighted by Gasteiger charge is 2.17. The Balaban J connectivity index is 2.20. The highest BCUT2D eigenvalue weighted by atomic mass is 16.5. The first-order valence-corrected chi connectivity index (χ1v) is 7.28. The molecule has 1 heterocycles. The lowest BCUT2D eigenvalue weighted by Gasteiger charge is -2.24. The Morgan fingerprint density at radius 2 is 2.25 bits per heavy atom. The molecule has 20 heavy (non-hydrogen) atoms. The summed E-state index contributed by atoms with van der Waals surface area (Å²) in [4.78, 5) is 0. The topological polar surface area (TPSA) is 30.5 Å². The smallest absolute Gasteiger partial charge is 0.162 e. The molecular formula is C17H23NO2. The highest BCUT2D eigenvalue weighted by Crippen LogP contribution is 2.33. The Kier molecular flexibility index (Phi) is 5.31. The molecule has 1 aromatic rings. The van der Waals surface area contributed by atoms with Gasteiger partial charge in [-0.1, -0.05) is 12.0 Å². The maximum atomic E-state index is 5.86. The van der Waals surface area contributed by atoms with Crippen LogP contribution < -0.4 is 14.8 Å². The average molecular weight is 273 g/mol. The summed E-state index contributed by atoms with van der Waals surface area (Å²) in [6.07, 6.45) is 7.81. The number of rotatable bonds is 5. The Bertz CT molecular complexity index is 470. The van der Waals surface area contributed by atoms with Crippen LogP contribution in [-0.2, 0) is 0 Å². The van der Waals surface area contributed by atoms with Crippen LogP contribution in [0.25, 0.3) is 0 Å². The van der Waals surface area contributed by atoms with Crippen molar-refractivity contribution >= 4 is 0 Å². The Morgan fingerprint density at radius 3 is 2.90 bits per heavy atom. The van der Waals surface area contributed by atoms with E-state index in [-0.39, 0.29) is 12.7 Å². The van der Waals surface area contributed by atoms with E-state index < -0.39 is 0 Å². The number of ether oxygens (including phenoxy) is 2. The van der Waals surface area contributed by atoms with Crippen LogP contribution in [0.1, 0.15) is 38.2 Å². The van der Waals surface area contributed by atoms with Crippen molar-refractivity contribution in [2.75, 3.05) is 19.7 Å². The van der Waals surface area contributed by atoms with Gasteiger partial charge in [0.05, 0.1) is 6.10 Å². The molecule has 3 heteroatoms. The monoisotopic (exact) mass is 273 g/mol. The molecule has 0 spiro atoms. The van der Waals surface area contributed by atoms with Crippen molar-refractivity contribution in [3.05, 3.63) is 23.8 Å². The molecule has 0 saturated carbocycles. The third-order valence-electron chi connectivity index (χ3n) is 3.41. The SMILES string of the molecule is C#CCOc1ccc(C2CCCNC2)cc1OC(C)C. The fourth-order valence-electron chi connectivity index (χ4n) is 2.50. The highest BCUT2D eigenvalue weighted by molar-refractivity contribution is 5.44. The van der Waals surface area contributed by atoms with Crippen LogP contribution in [0.4, 0.5) is 0 Å². The minimum atomic E-state index is 0.114. The van der Waals surface area contributed by atoms with E-state index in [4.69, 9.17) is 15.9 Å². The lowest BCUT2D eigenvalue weighted by Crippen LogP contribution is -2.28. The average Bonchev–Trinajstić information content (AvgIpc) is 2.46. The second-order valence-corrected chi connectivity index (χ2v) is 5.41. The number of nitrogens with one attached hydrogen (secondary N) is 1. The van der Waals surface area contributed by atoms with Gasteiger partial charge in [0, 0.05) is 6.54 Å². The molecule has 0 amide bonds. The molecule has 1 atom stereocenters. The molecule has 2 rings (SSSR count). The van der Waals surface area contributed by atoms with Crippen LogP contribution in [0.15, 0.2) is 18.2 Å². The first kappa shape index (κ1) is 14.7. The molecule has 3 nitrogen and oxygen atoms in total. The van der Waals surface area contributed by atoms with Gasteiger partial charge in [-0.2, -0.15) is 0 Å². The van der Waals surface area contributed by atoms with E-state index in [1.165, 1.54) is 18.4 Å². The summed E-state index contributed by atoms with van der Waals surface area (Å²) in [6, 6.07) is 6.19. The number of benzene rings is 1. The van der Waals surface area contributed by atoms with Crippen LogP contribution in [-0.4, -0.2) is 25.8 Å². The molecule has 1 fully saturated rings. The van der Waals surface area contributed by atoms with Crippen molar-refractivity contribution in [3.63, 3.8) is 0 Å². The van der Waals surface area contributed by atoms with Crippen LogP contribution in [0.5, 0.6) is 11.5 Å². The molecule has 0 aromatic heterocycles. The molecule has 0 aliphatic carbocycles. The third kappa shape index (κ3) is 3.91. The largest absolute Gasteiger partial charge is 0.487 e. The molecule has 1 saturated heterocycles. The number of hydrogen-bond acceptors (Lipinski definition) is 3. The fraction of sp³-hybridized carbons (Fsp3) is 0.529. The zero-order valence-corrected chi connectivity index (χ0v) is 12.3. The second-order valence-electron chi connectivity index (χ2n) is 5.41. The van der Waals surface area contributed by atoms with Gasteiger partial charge in [-0.25, -0.2) is 0 Å². The lowest BCUT2D eigenvalue weighted by atomic mass is 9.91. The summed E-state index contributed by atoms with van der Waals surface area (Å²) < 4.78 is 11.4. The molecule has 1 unspecified atom stereocenters. The van der Waals surface area contributed by atoms with E-state index in [0.717, 1.165) is 24.6 Å². The van der Waals surface area contributed by atoms with Gasteiger partial charge in [0.15, 0.2) is 11.5 Å². The first-order valence-electron chi connectivity index (χ1n) is 7.28. The van der Waals surface area contributed by atoms with Crippen molar-refractivity contribution in [2.45, 2.75) is 38.7 Å². The summed E-state index contributed by atoms with van der Waals surface area (Å²) >= 11 is 0. The molecule has 108 valence electrons. The molecule has 0 radical (unpaired) electrons. The van der Waals surface area contributed by atoms with Crippen LogP contribution in [0.3, 0.4) is 0 Å². The summed E-state index contributed by atoms with van der Waals surface area (Å²) in [5.74, 6) is 4.56. The van der Waals surface area contributed by atoms with Gasteiger partial charge in [-0.15, -0.1) is 6.42 Å². The zero-order chi connectivity index (χ0) is 14.4. The van der Waals surface area contributed by atoms with E-state index >= 15 is 0 Å². The van der Waals surface area contributed by atoms with Gasteiger partial charge < -0.3 is 14.8 Å². The van der Waals surface area contributed by atoms with Crippen LogP contribution in [0.2, 0.25) is 0 Å². The van der Waals surface area contributed by atoms with E-state index in [1.54, 1.807) is 0 Å². The summed E-state index contributed by atoms with van der Waals surface area (Å²) in [5.41, 5.74) is 1.31. The summed E-state index contributed by atoms with van der Waals surface area (Å²) in [6.45, 7) is 6.44. The molecular weight excluding hydrogens is 250 g/mol. The minimum absolute atomic E-state index is 0.114. The quantitative estimate of drug-likeness (QED) is 0.837. The maximum Gasteiger partial charge on any atom is 0.162 e. The normalized spacial score (nSPS) is 18.6. The predicted molar refractivity (Wildman–Crippen MR) is 81.4 cm³/mol. The predicted octanol–water partition coefficient (Wildman–Crippen LogP) is 2.95. The number of terminal acetylenes is 1. The van der Waals surface area contributed by atoms with Crippen molar-refractivity contribution in [1.29, 1.82) is 0 Å². The first-order chi connectivity index (χ1) is 9.70. The van der Waals surface area contributed by atoms with Crippen molar-refractivity contribution in [3.8, 4) is 23.8 Å². The summed E-state index contributed by atoms with van der Waals surface area (Å²) in [7, 11) is 0. The number of hydrogen-bond donors (Lipinski definition) is 1. The second kappa shape index (κ2) is 7.21. The van der Waals surface area contributed by atoms with Gasteiger partial charge in [-0.05, 0) is 56.8 Å². The lowest BCUT2D eigenvalue weighted by molar-refractivity contribution is 0.226.